The Labute approximate surface area is 88.2 Å². The first-order chi connectivity index (χ1) is 7.43. The lowest BCUT2D eigenvalue weighted by molar-refractivity contribution is 1.11. The number of aromatic nitrogens is 2. The van der Waals surface area contributed by atoms with Gasteiger partial charge in [-0.05, 0) is 29.7 Å². The van der Waals surface area contributed by atoms with Gasteiger partial charge in [-0.1, -0.05) is 6.07 Å². The van der Waals surface area contributed by atoms with Gasteiger partial charge in [0.15, 0.2) is 0 Å². The van der Waals surface area contributed by atoms with Gasteiger partial charge >= 0.3 is 0 Å². The Morgan fingerprint density at radius 1 is 1.07 bits per heavy atom. The van der Waals surface area contributed by atoms with E-state index in [0.717, 1.165) is 18.5 Å². The fourth-order valence-electron chi connectivity index (χ4n) is 1.93. The van der Waals surface area contributed by atoms with Gasteiger partial charge in [-0.15, -0.1) is 0 Å². The van der Waals surface area contributed by atoms with Crippen molar-refractivity contribution >= 4 is 5.69 Å². The molecule has 0 saturated heterocycles. The van der Waals surface area contributed by atoms with E-state index in [1.165, 1.54) is 16.8 Å². The number of nitrogens with one attached hydrogen (secondary N) is 1. The zero-order valence-corrected chi connectivity index (χ0v) is 8.27. The van der Waals surface area contributed by atoms with Gasteiger partial charge in [0.1, 0.15) is 6.33 Å². The quantitative estimate of drug-likeness (QED) is 0.760. The van der Waals surface area contributed by atoms with Crippen LogP contribution in [0.1, 0.15) is 5.56 Å². The molecule has 0 bridgehead atoms. The van der Waals surface area contributed by atoms with Gasteiger partial charge in [-0.2, -0.15) is 0 Å². The fourth-order valence-corrected chi connectivity index (χ4v) is 1.93. The van der Waals surface area contributed by atoms with Gasteiger partial charge in [-0.3, -0.25) is 0 Å². The van der Waals surface area contributed by atoms with Crippen LogP contribution < -0.4 is 5.32 Å². The van der Waals surface area contributed by atoms with E-state index in [0.29, 0.717) is 0 Å². The van der Waals surface area contributed by atoms with Crippen molar-refractivity contribution in [3.05, 3.63) is 42.5 Å². The van der Waals surface area contributed by atoms with Crippen molar-refractivity contribution in [3.8, 4) is 11.1 Å². The number of nitrogens with zero attached hydrogens (tertiary/aromatic N) is 2. The Morgan fingerprint density at radius 3 is 2.80 bits per heavy atom. The Hall–Kier alpha value is -1.90. The smallest absolute Gasteiger partial charge is 0.115 e. The van der Waals surface area contributed by atoms with Crippen LogP contribution in [0.25, 0.3) is 11.1 Å². The summed E-state index contributed by atoms with van der Waals surface area (Å²) < 4.78 is 0. The maximum Gasteiger partial charge on any atom is 0.115 e. The van der Waals surface area contributed by atoms with Gasteiger partial charge in [0, 0.05) is 30.2 Å². The van der Waals surface area contributed by atoms with E-state index < -0.39 is 0 Å². The second kappa shape index (κ2) is 3.35. The van der Waals surface area contributed by atoms with E-state index in [4.69, 9.17) is 0 Å². The van der Waals surface area contributed by atoms with E-state index in [-0.39, 0.29) is 0 Å². The number of hydrogen-bond acceptors (Lipinski definition) is 3. The van der Waals surface area contributed by atoms with Crippen molar-refractivity contribution in [2.45, 2.75) is 6.42 Å². The van der Waals surface area contributed by atoms with Crippen LogP contribution in [0.4, 0.5) is 5.69 Å². The van der Waals surface area contributed by atoms with Gasteiger partial charge in [0.25, 0.3) is 0 Å². The maximum atomic E-state index is 4.03. The van der Waals surface area contributed by atoms with Crippen LogP contribution in [0.2, 0.25) is 0 Å². The van der Waals surface area contributed by atoms with Gasteiger partial charge in [-0.25, -0.2) is 9.97 Å². The molecule has 0 unspecified atom stereocenters. The van der Waals surface area contributed by atoms with Crippen molar-refractivity contribution in [2.24, 2.45) is 0 Å². The maximum absolute atomic E-state index is 4.03. The molecule has 3 nitrogen and oxygen atoms in total. The molecule has 1 aromatic carbocycles. The molecule has 0 aliphatic carbocycles. The monoisotopic (exact) mass is 197 g/mol. The molecular weight excluding hydrogens is 186 g/mol. The molecule has 74 valence electrons. The molecule has 0 atom stereocenters. The first-order valence-corrected chi connectivity index (χ1v) is 5.06. The lowest BCUT2D eigenvalue weighted by atomic mass is 10.0. The van der Waals surface area contributed by atoms with Crippen molar-refractivity contribution < 1.29 is 0 Å². The number of rotatable bonds is 1. The second-order valence-corrected chi connectivity index (χ2v) is 3.68. The molecule has 0 spiro atoms. The highest BCUT2D eigenvalue weighted by Gasteiger charge is 2.10. The summed E-state index contributed by atoms with van der Waals surface area (Å²) in [5.74, 6) is 0. The minimum atomic E-state index is 1.05. The molecule has 1 aliphatic heterocycles. The summed E-state index contributed by atoms with van der Waals surface area (Å²) in [5.41, 5.74) is 4.91. The van der Waals surface area contributed by atoms with E-state index in [1.54, 1.807) is 6.33 Å². The molecule has 1 aliphatic rings. The predicted molar refractivity (Wildman–Crippen MR) is 59.7 cm³/mol. The first-order valence-electron chi connectivity index (χ1n) is 5.06. The Morgan fingerprint density at radius 2 is 1.93 bits per heavy atom. The number of benzene rings is 1. The molecule has 1 N–H and O–H groups in total. The highest BCUT2D eigenvalue weighted by atomic mass is 14.9. The van der Waals surface area contributed by atoms with Crippen LogP contribution in [0.3, 0.4) is 0 Å². The fraction of sp³-hybridized carbons (Fsp3) is 0.167. The summed E-state index contributed by atoms with van der Waals surface area (Å²) in [4.78, 5) is 8.06. The van der Waals surface area contributed by atoms with Crippen LogP contribution in [0.5, 0.6) is 0 Å². The molecular formula is C12H11N3. The molecule has 0 fully saturated rings. The molecule has 0 radical (unpaired) electrons. The SMILES string of the molecule is c1ncc(-c2ccc3c(c2)CCN3)cn1. The average molecular weight is 197 g/mol. The average Bonchev–Trinajstić information content (AvgIpc) is 2.77. The standard InChI is InChI=1S/C12H11N3/c1-2-12-10(3-4-15-12)5-9(1)11-6-13-8-14-7-11/h1-2,5-8,15H,3-4H2. The van der Waals surface area contributed by atoms with E-state index >= 15 is 0 Å². The Balaban J connectivity index is 2.07. The van der Waals surface area contributed by atoms with Crippen molar-refractivity contribution in [2.75, 3.05) is 11.9 Å². The lowest BCUT2D eigenvalue weighted by Gasteiger charge is -2.03. The topological polar surface area (TPSA) is 37.8 Å². The third-order valence-corrected chi connectivity index (χ3v) is 2.71. The second-order valence-electron chi connectivity index (χ2n) is 3.68. The molecule has 2 aromatic rings. The molecule has 3 rings (SSSR count). The predicted octanol–water partition coefficient (Wildman–Crippen LogP) is 2.11. The van der Waals surface area contributed by atoms with Crippen LogP contribution in [0, 0.1) is 0 Å². The third-order valence-electron chi connectivity index (χ3n) is 2.71. The molecule has 0 amide bonds. The number of hydrogen-bond donors (Lipinski definition) is 1. The molecule has 2 heterocycles. The largest absolute Gasteiger partial charge is 0.384 e. The Bertz CT molecular complexity index is 479. The van der Waals surface area contributed by atoms with Crippen LogP contribution >= 0.6 is 0 Å². The zero-order chi connectivity index (χ0) is 10.1. The molecule has 0 saturated carbocycles. The number of anilines is 1. The van der Waals surface area contributed by atoms with Crippen molar-refractivity contribution in [3.63, 3.8) is 0 Å². The summed E-state index contributed by atoms with van der Waals surface area (Å²) in [6.45, 7) is 1.05. The van der Waals surface area contributed by atoms with Gasteiger partial charge < -0.3 is 5.32 Å². The highest BCUT2D eigenvalue weighted by Crippen LogP contribution is 2.27. The van der Waals surface area contributed by atoms with E-state index in [9.17, 15) is 0 Å². The van der Waals surface area contributed by atoms with Crippen LogP contribution in [0.15, 0.2) is 36.9 Å². The van der Waals surface area contributed by atoms with Crippen LogP contribution in [-0.4, -0.2) is 16.5 Å². The zero-order valence-electron chi connectivity index (χ0n) is 8.27. The van der Waals surface area contributed by atoms with Gasteiger partial charge in [0.2, 0.25) is 0 Å². The summed E-state index contributed by atoms with van der Waals surface area (Å²) in [7, 11) is 0. The van der Waals surface area contributed by atoms with E-state index in [2.05, 4.69) is 33.5 Å². The lowest BCUT2D eigenvalue weighted by Crippen LogP contribution is -1.90. The summed E-state index contributed by atoms with van der Waals surface area (Å²) in [6.07, 6.45) is 6.35. The normalized spacial score (nSPS) is 13.3. The minimum absolute atomic E-state index is 1.05. The van der Waals surface area contributed by atoms with E-state index in [1.807, 2.05) is 12.4 Å². The van der Waals surface area contributed by atoms with Crippen molar-refractivity contribution in [1.29, 1.82) is 0 Å². The highest BCUT2D eigenvalue weighted by molar-refractivity contribution is 5.68. The molecule has 1 aromatic heterocycles. The first kappa shape index (κ1) is 8.41. The summed E-state index contributed by atoms with van der Waals surface area (Å²) in [6, 6.07) is 6.45. The third kappa shape index (κ3) is 1.46. The molecule has 3 heteroatoms. The summed E-state index contributed by atoms with van der Waals surface area (Å²) in [5, 5.41) is 3.35. The Kier molecular flexibility index (Phi) is 1.88. The summed E-state index contributed by atoms with van der Waals surface area (Å²) >= 11 is 0. The van der Waals surface area contributed by atoms with Crippen LogP contribution in [-0.2, 0) is 6.42 Å². The van der Waals surface area contributed by atoms with Gasteiger partial charge in [0.05, 0.1) is 0 Å². The minimum Gasteiger partial charge on any atom is -0.384 e. The number of fused-ring (bicyclic) bond motifs is 1. The van der Waals surface area contributed by atoms with Crippen molar-refractivity contribution in [1.82, 2.24) is 9.97 Å². The molecule has 15 heavy (non-hydrogen) atoms.